The maximum absolute atomic E-state index is 13.4. The molecule has 1 N–H and O–H groups in total. The molecular weight excluding hydrogens is 662 g/mol. The maximum atomic E-state index is 13.4. The number of benzene rings is 4. The van der Waals surface area contributed by atoms with Gasteiger partial charge in [-0.15, -0.1) is 0 Å². The van der Waals surface area contributed by atoms with E-state index in [1.807, 2.05) is 121 Å². The molecule has 1 aliphatic heterocycles. The van der Waals surface area contributed by atoms with Crippen molar-refractivity contribution in [2.45, 2.75) is 82.9 Å². The Hall–Kier alpha value is -4.42. The van der Waals surface area contributed by atoms with Gasteiger partial charge in [0.25, 0.3) is 0 Å². The maximum Gasteiger partial charge on any atom is 0.329 e. The molecule has 0 saturated carbocycles. The van der Waals surface area contributed by atoms with Crippen LogP contribution in [0.3, 0.4) is 0 Å². The van der Waals surface area contributed by atoms with Gasteiger partial charge in [-0.05, 0) is 29.2 Å². The Labute approximate surface area is 306 Å². The minimum absolute atomic E-state index is 0.0138. The summed E-state index contributed by atoms with van der Waals surface area (Å²) in [6, 6.07) is 37.5. The Morgan fingerprint density at radius 1 is 0.712 bits per heavy atom. The second kappa shape index (κ2) is 19.4. The van der Waals surface area contributed by atoms with Gasteiger partial charge < -0.3 is 38.4 Å². The number of aliphatic hydroxyl groups is 1. The molecule has 4 aromatic rings. The molecule has 1 fully saturated rings. The molecule has 4 aromatic carbocycles. The van der Waals surface area contributed by atoms with Crippen LogP contribution in [0, 0.1) is 0 Å². The minimum Gasteiger partial charge on any atom is -0.464 e. The van der Waals surface area contributed by atoms with Gasteiger partial charge in [0.15, 0.2) is 5.79 Å². The van der Waals surface area contributed by atoms with Crippen LogP contribution in [0.2, 0.25) is 0 Å². The molecule has 6 atom stereocenters. The van der Waals surface area contributed by atoms with Gasteiger partial charge in [0.05, 0.1) is 39.6 Å². The second-order valence-electron chi connectivity index (χ2n) is 12.8. The molecule has 10 nitrogen and oxygen atoms in total. The topological polar surface area (TPSA) is 113 Å². The van der Waals surface area contributed by atoms with Crippen molar-refractivity contribution in [1.29, 1.82) is 0 Å². The normalized spacial score (nSPS) is 22.0. The number of hydrogen-bond donors (Lipinski definition) is 1. The zero-order valence-electron chi connectivity index (χ0n) is 30.0. The van der Waals surface area contributed by atoms with Gasteiger partial charge in [0.2, 0.25) is 5.91 Å². The Bertz CT molecular complexity index is 1640. The van der Waals surface area contributed by atoms with Crippen molar-refractivity contribution < 1.29 is 43.1 Å². The van der Waals surface area contributed by atoms with E-state index in [2.05, 4.69) is 0 Å². The van der Waals surface area contributed by atoms with Crippen LogP contribution < -0.4 is 0 Å². The molecule has 10 heteroatoms. The van der Waals surface area contributed by atoms with Crippen molar-refractivity contribution in [2.75, 3.05) is 20.3 Å². The van der Waals surface area contributed by atoms with E-state index in [-0.39, 0.29) is 52.0 Å². The van der Waals surface area contributed by atoms with E-state index in [1.54, 1.807) is 6.92 Å². The predicted molar refractivity (Wildman–Crippen MR) is 194 cm³/mol. The molecule has 0 spiro atoms. The number of nitrogens with zero attached hydrogens (tertiary/aromatic N) is 1. The fraction of sp³-hybridized carbons (Fsp3) is 0.381. The SMILES string of the molecule is CCOC(=O)[C@@H](C[C@]1(O)O[C@H](COCc2ccccc2)[C@@H](OCc2ccccc2)[C@H](OCc2ccccc2)[C@H]1OCc1ccccc1)N(C)C(C)=O. The first-order chi connectivity index (χ1) is 25.3. The average Bonchev–Trinajstić information content (AvgIpc) is 3.16. The van der Waals surface area contributed by atoms with Crippen LogP contribution in [-0.2, 0) is 64.4 Å². The molecule has 0 aromatic heterocycles. The largest absolute Gasteiger partial charge is 0.464 e. The van der Waals surface area contributed by atoms with Crippen LogP contribution in [0.4, 0.5) is 0 Å². The summed E-state index contributed by atoms with van der Waals surface area (Å²) in [4.78, 5) is 27.3. The summed E-state index contributed by atoms with van der Waals surface area (Å²) in [5.74, 6) is -3.24. The molecule has 0 aliphatic carbocycles. The summed E-state index contributed by atoms with van der Waals surface area (Å²) in [5, 5.41) is 12.8. The van der Waals surface area contributed by atoms with Crippen LogP contribution in [0.25, 0.3) is 0 Å². The van der Waals surface area contributed by atoms with E-state index in [0.29, 0.717) is 0 Å². The molecule has 5 rings (SSSR count). The van der Waals surface area contributed by atoms with Gasteiger partial charge in [0, 0.05) is 20.4 Å². The Balaban J connectivity index is 1.55. The number of carbonyl (C=O) groups is 2. The number of likely N-dealkylation sites (N-methyl/N-ethyl adjacent to an activating group) is 1. The van der Waals surface area contributed by atoms with E-state index < -0.39 is 42.2 Å². The van der Waals surface area contributed by atoms with Crippen LogP contribution in [0.1, 0.15) is 42.5 Å². The summed E-state index contributed by atoms with van der Waals surface area (Å²) in [7, 11) is 1.49. The van der Waals surface area contributed by atoms with Gasteiger partial charge in [-0.25, -0.2) is 4.79 Å². The molecule has 0 unspecified atom stereocenters. The van der Waals surface area contributed by atoms with Crippen LogP contribution in [0.5, 0.6) is 0 Å². The first-order valence-electron chi connectivity index (χ1n) is 17.7. The zero-order chi connectivity index (χ0) is 36.8. The number of amides is 1. The highest BCUT2D eigenvalue weighted by Crippen LogP contribution is 2.39. The minimum atomic E-state index is -2.18. The fourth-order valence-corrected chi connectivity index (χ4v) is 6.21. The molecule has 1 heterocycles. The number of esters is 1. The number of hydrogen-bond acceptors (Lipinski definition) is 9. The van der Waals surface area contributed by atoms with Crippen molar-refractivity contribution in [1.82, 2.24) is 4.90 Å². The molecule has 0 radical (unpaired) electrons. The number of ether oxygens (including phenoxy) is 6. The van der Waals surface area contributed by atoms with Gasteiger partial charge in [-0.1, -0.05) is 121 Å². The second-order valence-corrected chi connectivity index (χ2v) is 12.8. The van der Waals surface area contributed by atoms with E-state index >= 15 is 0 Å². The summed E-state index contributed by atoms with van der Waals surface area (Å²) in [5.41, 5.74) is 3.64. The zero-order valence-corrected chi connectivity index (χ0v) is 30.0. The Morgan fingerprint density at radius 2 is 1.15 bits per heavy atom. The lowest BCUT2D eigenvalue weighted by Gasteiger charge is -2.51. The molecule has 1 amide bonds. The van der Waals surface area contributed by atoms with Crippen molar-refractivity contribution in [2.24, 2.45) is 0 Å². The Kier molecular flexibility index (Phi) is 14.5. The van der Waals surface area contributed by atoms with Crippen LogP contribution >= 0.6 is 0 Å². The molecule has 1 aliphatic rings. The predicted octanol–water partition coefficient (Wildman–Crippen LogP) is 5.85. The van der Waals surface area contributed by atoms with E-state index in [1.165, 1.54) is 18.9 Å². The lowest BCUT2D eigenvalue weighted by atomic mass is 9.87. The summed E-state index contributed by atoms with van der Waals surface area (Å²) in [6.45, 7) is 3.90. The van der Waals surface area contributed by atoms with Gasteiger partial charge in [-0.2, -0.15) is 0 Å². The average molecular weight is 712 g/mol. The highest BCUT2D eigenvalue weighted by Gasteiger charge is 2.58. The molecular formula is C42H49NO9. The Morgan fingerprint density at radius 3 is 1.62 bits per heavy atom. The van der Waals surface area contributed by atoms with Crippen molar-refractivity contribution in [3.05, 3.63) is 144 Å². The third-order valence-corrected chi connectivity index (χ3v) is 9.03. The summed E-state index contributed by atoms with van der Waals surface area (Å²) < 4.78 is 38.2. The molecule has 0 bridgehead atoms. The van der Waals surface area contributed by atoms with Gasteiger partial charge in [-0.3, -0.25) is 4.79 Å². The van der Waals surface area contributed by atoms with Crippen molar-refractivity contribution in [3.63, 3.8) is 0 Å². The standard InChI is InChI=1S/C42H49NO9/c1-4-48-41(45)36(43(3)31(2)44)25-42(46)40(51-29-35-23-15-8-16-24-35)39(50-28-34-21-13-7-14-22-34)38(49-27-33-19-11-6-12-20-33)37(52-42)30-47-26-32-17-9-5-10-18-32/h5-24,36-40,46H,4,25-30H2,1-3H3/t36-,37-,38-,39+,40-,42+/m1/s1. The lowest BCUT2D eigenvalue weighted by Crippen LogP contribution is -2.68. The van der Waals surface area contributed by atoms with Crippen molar-refractivity contribution >= 4 is 11.9 Å². The first kappa shape index (κ1) is 38.8. The fourth-order valence-electron chi connectivity index (χ4n) is 6.21. The highest BCUT2D eigenvalue weighted by atomic mass is 16.7. The number of carbonyl (C=O) groups excluding carboxylic acids is 2. The lowest BCUT2D eigenvalue weighted by molar-refractivity contribution is -0.374. The van der Waals surface area contributed by atoms with E-state index in [4.69, 9.17) is 28.4 Å². The summed E-state index contributed by atoms with van der Waals surface area (Å²) >= 11 is 0. The first-order valence-corrected chi connectivity index (χ1v) is 17.7. The van der Waals surface area contributed by atoms with E-state index in [9.17, 15) is 14.7 Å². The smallest absolute Gasteiger partial charge is 0.329 e. The number of rotatable bonds is 18. The molecule has 276 valence electrons. The molecule has 52 heavy (non-hydrogen) atoms. The highest BCUT2D eigenvalue weighted by molar-refractivity contribution is 5.83. The van der Waals surface area contributed by atoms with Crippen LogP contribution in [0.15, 0.2) is 121 Å². The monoisotopic (exact) mass is 711 g/mol. The summed E-state index contributed by atoms with van der Waals surface area (Å²) in [6.07, 6.45) is -4.18. The van der Waals surface area contributed by atoms with Crippen molar-refractivity contribution in [3.8, 4) is 0 Å². The molecule has 1 saturated heterocycles. The quantitative estimate of drug-likeness (QED) is 0.127. The third-order valence-electron chi connectivity index (χ3n) is 9.03. The third kappa shape index (κ3) is 10.8. The van der Waals surface area contributed by atoms with Gasteiger partial charge in [0.1, 0.15) is 30.5 Å². The van der Waals surface area contributed by atoms with Crippen LogP contribution in [-0.4, -0.2) is 78.4 Å². The van der Waals surface area contributed by atoms with E-state index in [0.717, 1.165) is 22.3 Å². The van der Waals surface area contributed by atoms with Gasteiger partial charge >= 0.3 is 5.97 Å².